The Morgan fingerprint density at radius 3 is 2.71 bits per heavy atom. The van der Waals surface area contributed by atoms with Crippen LogP contribution in [0, 0.1) is 11.6 Å². The van der Waals surface area contributed by atoms with Crippen molar-refractivity contribution in [1.29, 1.82) is 0 Å². The average Bonchev–Trinajstić information content (AvgIpc) is 2.68. The van der Waals surface area contributed by atoms with E-state index in [9.17, 15) is 8.78 Å². The standard InChI is InChI=1S/C12H13F2N3/c1-17-12(4-5-16-17)11(15)6-8-2-3-9(13)7-10(8)14/h2-5,7,11H,6,15H2,1H3. The van der Waals surface area contributed by atoms with Gasteiger partial charge in [-0.1, -0.05) is 6.07 Å². The van der Waals surface area contributed by atoms with Crippen molar-refractivity contribution in [3.8, 4) is 0 Å². The molecule has 0 bridgehead atoms. The van der Waals surface area contributed by atoms with Crippen LogP contribution in [0.2, 0.25) is 0 Å². The summed E-state index contributed by atoms with van der Waals surface area (Å²) in [5, 5.41) is 4.00. The van der Waals surface area contributed by atoms with Gasteiger partial charge < -0.3 is 5.73 Å². The molecule has 0 aliphatic heterocycles. The molecule has 0 amide bonds. The molecular formula is C12H13F2N3. The number of hydrogen-bond donors (Lipinski definition) is 1. The topological polar surface area (TPSA) is 43.8 Å². The number of aromatic nitrogens is 2. The van der Waals surface area contributed by atoms with Crippen LogP contribution < -0.4 is 5.73 Å². The van der Waals surface area contributed by atoms with E-state index in [1.165, 1.54) is 12.1 Å². The zero-order valence-electron chi connectivity index (χ0n) is 9.40. The summed E-state index contributed by atoms with van der Waals surface area (Å²) in [6.45, 7) is 0. The summed E-state index contributed by atoms with van der Waals surface area (Å²) in [6.07, 6.45) is 1.95. The third-order valence-electron chi connectivity index (χ3n) is 2.69. The second kappa shape index (κ2) is 4.63. The van der Waals surface area contributed by atoms with Crippen LogP contribution in [0.3, 0.4) is 0 Å². The lowest BCUT2D eigenvalue weighted by Crippen LogP contribution is -2.17. The van der Waals surface area contributed by atoms with E-state index in [2.05, 4.69) is 5.10 Å². The molecule has 1 unspecified atom stereocenters. The SMILES string of the molecule is Cn1nccc1C(N)Cc1ccc(F)cc1F. The summed E-state index contributed by atoms with van der Waals surface area (Å²) >= 11 is 0. The van der Waals surface area contributed by atoms with Crippen LogP contribution in [-0.2, 0) is 13.5 Å². The number of benzene rings is 1. The molecule has 0 spiro atoms. The normalized spacial score (nSPS) is 12.7. The van der Waals surface area contributed by atoms with Crippen LogP contribution in [0.25, 0.3) is 0 Å². The van der Waals surface area contributed by atoms with Crippen LogP contribution in [0.4, 0.5) is 8.78 Å². The van der Waals surface area contributed by atoms with Gasteiger partial charge in [-0.05, 0) is 24.1 Å². The van der Waals surface area contributed by atoms with Crippen molar-refractivity contribution in [2.24, 2.45) is 12.8 Å². The molecule has 0 fully saturated rings. The molecule has 0 aliphatic carbocycles. The third kappa shape index (κ3) is 2.50. The molecule has 17 heavy (non-hydrogen) atoms. The minimum atomic E-state index is -0.583. The molecule has 2 aromatic rings. The zero-order valence-corrected chi connectivity index (χ0v) is 9.40. The highest BCUT2D eigenvalue weighted by molar-refractivity contribution is 5.21. The molecule has 0 radical (unpaired) electrons. The number of hydrogen-bond acceptors (Lipinski definition) is 2. The van der Waals surface area contributed by atoms with Crippen LogP contribution in [0.1, 0.15) is 17.3 Å². The monoisotopic (exact) mass is 237 g/mol. The van der Waals surface area contributed by atoms with Gasteiger partial charge in [-0.2, -0.15) is 5.10 Å². The van der Waals surface area contributed by atoms with E-state index in [0.717, 1.165) is 11.8 Å². The number of nitrogens with two attached hydrogens (primary N) is 1. The van der Waals surface area contributed by atoms with Crippen molar-refractivity contribution in [2.45, 2.75) is 12.5 Å². The van der Waals surface area contributed by atoms with Gasteiger partial charge in [0.25, 0.3) is 0 Å². The largest absolute Gasteiger partial charge is 0.322 e. The van der Waals surface area contributed by atoms with Gasteiger partial charge in [0, 0.05) is 19.3 Å². The Hall–Kier alpha value is -1.75. The fourth-order valence-corrected chi connectivity index (χ4v) is 1.78. The predicted octanol–water partition coefficient (Wildman–Crippen LogP) is 1.94. The highest BCUT2D eigenvalue weighted by atomic mass is 19.1. The summed E-state index contributed by atoms with van der Waals surface area (Å²) < 4.78 is 27.8. The first-order valence-corrected chi connectivity index (χ1v) is 5.25. The quantitative estimate of drug-likeness (QED) is 0.886. The van der Waals surface area contributed by atoms with Crippen LogP contribution in [0.15, 0.2) is 30.5 Å². The molecular weight excluding hydrogens is 224 g/mol. The van der Waals surface area contributed by atoms with Crippen molar-refractivity contribution in [1.82, 2.24) is 9.78 Å². The lowest BCUT2D eigenvalue weighted by atomic mass is 10.0. The Balaban J connectivity index is 2.19. The summed E-state index contributed by atoms with van der Waals surface area (Å²) in [4.78, 5) is 0. The first-order chi connectivity index (χ1) is 8.08. The highest BCUT2D eigenvalue weighted by Gasteiger charge is 2.13. The summed E-state index contributed by atoms with van der Waals surface area (Å²) in [5.74, 6) is -1.15. The minimum absolute atomic E-state index is 0.311. The Bertz CT molecular complexity index is 522. The van der Waals surface area contributed by atoms with E-state index in [1.54, 1.807) is 24.0 Å². The van der Waals surface area contributed by atoms with Crippen molar-refractivity contribution in [2.75, 3.05) is 0 Å². The summed E-state index contributed by atoms with van der Waals surface area (Å²) in [5.41, 5.74) is 7.17. The Morgan fingerprint density at radius 1 is 1.35 bits per heavy atom. The van der Waals surface area contributed by atoms with Gasteiger partial charge >= 0.3 is 0 Å². The molecule has 1 aromatic heterocycles. The molecule has 1 heterocycles. The van der Waals surface area contributed by atoms with Gasteiger partial charge in [-0.15, -0.1) is 0 Å². The van der Waals surface area contributed by atoms with Crippen molar-refractivity contribution >= 4 is 0 Å². The Kier molecular flexibility index (Phi) is 3.19. The molecule has 90 valence electrons. The molecule has 0 saturated heterocycles. The van der Waals surface area contributed by atoms with Crippen molar-refractivity contribution in [3.63, 3.8) is 0 Å². The average molecular weight is 237 g/mol. The van der Waals surface area contributed by atoms with E-state index in [-0.39, 0.29) is 6.04 Å². The molecule has 1 aromatic carbocycles. The first-order valence-electron chi connectivity index (χ1n) is 5.25. The number of rotatable bonds is 3. The van der Waals surface area contributed by atoms with Crippen LogP contribution >= 0.6 is 0 Å². The lowest BCUT2D eigenvalue weighted by molar-refractivity contribution is 0.554. The molecule has 0 aliphatic rings. The highest BCUT2D eigenvalue weighted by Crippen LogP contribution is 2.18. The van der Waals surface area contributed by atoms with Crippen molar-refractivity contribution in [3.05, 3.63) is 53.4 Å². The van der Waals surface area contributed by atoms with E-state index in [1.807, 2.05) is 0 Å². The van der Waals surface area contributed by atoms with E-state index in [0.29, 0.717) is 12.0 Å². The second-order valence-electron chi connectivity index (χ2n) is 3.93. The fraction of sp³-hybridized carbons (Fsp3) is 0.250. The molecule has 5 heteroatoms. The zero-order chi connectivity index (χ0) is 12.4. The smallest absolute Gasteiger partial charge is 0.129 e. The van der Waals surface area contributed by atoms with Crippen LogP contribution in [0.5, 0.6) is 0 Å². The lowest BCUT2D eigenvalue weighted by Gasteiger charge is -2.12. The Morgan fingerprint density at radius 2 is 2.12 bits per heavy atom. The fourth-order valence-electron chi connectivity index (χ4n) is 1.78. The van der Waals surface area contributed by atoms with E-state index >= 15 is 0 Å². The van der Waals surface area contributed by atoms with Crippen molar-refractivity contribution < 1.29 is 8.78 Å². The Labute approximate surface area is 97.9 Å². The van der Waals surface area contributed by atoms with Gasteiger partial charge in [0.1, 0.15) is 11.6 Å². The maximum atomic E-state index is 13.4. The van der Waals surface area contributed by atoms with Gasteiger partial charge in [0.2, 0.25) is 0 Å². The number of nitrogens with zero attached hydrogens (tertiary/aromatic N) is 2. The number of halogens is 2. The van der Waals surface area contributed by atoms with Gasteiger partial charge in [0.05, 0.1) is 11.7 Å². The maximum Gasteiger partial charge on any atom is 0.129 e. The molecule has 2 rings (SSSR count). The molecule has 0 saturated carbocycles. The summed E-state index contributed by atoms with van der Waals surface area (Å²) in [6, 6.07) is 4.94. The van der Waals surface area contributed by atoms with Gasteiger partial charge in [-0.25, -0.2) is 8.78 Å². The maximum absolute atomic E-state index is 13.4. The van der Waals surface area contributed by atoms with Gasteiger partial charge in [0.15, 0.2) is 0 Å². The second-order valence-corrected chi connectivity index (χ2v) is 3.93. The third-order valence-corrected chi connectivity index (χ3v) is 2.69. The molecule has 1 atom stereocenters. The number of aryl methyl sites for hydroxylation is 1. The van der Waals surface area contributed by atoms with Gasteiger partial charge in [-0.3, -0.25) is 4.68 Å². The predicted molar refractivity (Wildman–Crippen MR) is 60.2 cm³/mol. The van der Waals surface area contributed by atoms with E-state index in [4.69, 9.17) is 5.73 Å². The molecule has 2 N–H and O–H groups in total. The van der Waals surface area contributed by atoms with E-state index < -0.39 is 11.6 Å². The molecule has 3 nitrogen and oxygen atoms in total. The van der Waals surface area contributed by atoms with Crippen LogP contribution in [-0.4, -0.2) is 9.78 Å². The first kappa shape index (κ1) is 11.7. The summed E-state index contributed by atoms with van der Waals surface area (Å²) in [7, 11) is 1.77. The minimum Gasteiger partial charge on any atom is -0.322 e.